The lowest BCUT2D eigenvalue weighted by Gasteiger charge is -2.33. The summed E-state index contributed by atoms with van der Waals surface area (Å²) >= 11 is 0. The molecule has 168 valence electrons. The summed E-state index contributed by atoms with van der Waals surface area (Å²) in [4.78, 5) is 12.8. The first kappa shape index (κ1) is 23.2. The van der Waals surface area contributed by atoms with Crippen LogP contribution in [0.1, 0.15) is 27.2 Å². The molecule has 1 heterocycles. The van der Waals surface area contributed by atoms with Crippen LogP contribution in [0.25, 0.3) is 11.1 Å². The molecule has 1 saturated heterocycles. The Morgan fingerprint density at radius 1 is 1.16 bits per heavy atom. The molecule has 0 amide bonds. The van der Waals surface area contributed by atoms with Crippen LogP contribution in [0.15, 0.2) is 53.4 Å². The number of piperidine rings is 1. The second-order valence-electron chi connectivity index (χ2n) is 8.86. The van der Waals surface area contributed by atoms with E-state index in [9.17, 15) is 13.2 Å². The Morgan fingerprint density at radius 2 is 1.87 bits per heavy atom. The lowest BCUT2D eigenvalue weighted by molar-refractivity contribution is -0.162. The maximum Gasteiger partial charge on any atom is 0.311 e. The van der Waals surface area contributed by atoms with Gasteiger partial charge in [0.2, 0.25) is 10.0 Å². The van der Waals surface area contributed by atoms with Crippen molar-refractivity contribution in [1.29, 1.82) is 0 Å². The molecule has 2 atom stereocenters. The number of nitrogens with one attached hydrogen (secondary N) is 2. The molecule has 0 bridgehead atoms. The summed E-state index contributed by atoms with van der Waals surface area (Å²) in [5.41, 5.74) is 1.41. The molecular weight excluding hydrogens is 414 g/mol. The lowest BCUT2D eigenvalue weighted by atomic mass is 9.86. The van der Waals surface area contributed by atoms with Gasteiger partial charge in [-0.2, -0.15) is 0 Å². The number of carbonyl (C=O) groups excluding carboxylic acids is 1. The molecule has 31 heavy (non-hydrogen) atoms. The van der Waals surface area contributed by atoms with E-state index in [1.165, 1.54) is 6.07 Å². The molecule has 1 fully saturated rings. The highest BCUT2D eigenvalue weighted by Gasteiger charge is 2.34. The van der Waals surface area contributed by atoms with E-state index >= 15 is 0 Å². The summed E-state index contributed by atoms with van der Waals surface area (Å²) in [6.45, 7) is 7.47. The number of anilines is 1. The third-order valence-electron chi connectivity index (χ3n) is 5.28. The quantitative estimate of drug-likeness (QED) is 0.590. The van der Waals surface area contributed by atoms with Crippen molar-refractivity contribution < 1.29 is 17.9 Å². The smallest absolute Gasteiger partial charge is 0.311 e. The van der Waals surface area contributed by atoms with Gasteiger partial charge in [0.1, 0.15) is 5.60 Å². The molecule has 7 nitrogen and oxygen atoms in total. The summed E-state index contributed by atoms with van der Waals surface area (Å²) in [5, 5.41) is 12.2. The van der Waals surface area contributed by atoms with E-state index in [0.29, 0.717) is 24.3 Å². The maximum atomic E-state index is 12.7. The van der Waals surface area contributed by atoms with Crippen LogP contribution in [-0.4, -0.2) is 39.6 Å². The first-order valence-electron chi connectivity index (χ1n) is 10.4. The highest BCUT2D eigenvalue weighted by atomic mass is 32.2. The molecule has 8 heteroatoms. The third-order valence-corrected chi connectivity index (χ3v) is 6.24. The lowest BCUT2D eigenvalue weighted by Crippen LogP contribution is -2.45. The largest absolute Gasteiger partial charge is 0.460 e. The predicted octanol–water partition coefficient (Wildman–Crippen LogP) is 2.98. The van der Waals surface area contributed by atoms with Gasteiger partial charge in [0.15, 0.2) is 0 Å². The number of esters is 1. The van der Waals surface area contributed by atoms with E-state index in [-0.39, 0.29) is 22.7 Å². The van der Waals surface area contributed by atoms with Crippen molar-refractivity contribution in [3.05, 3.63) is 48.5 Å². The number of ether oxygens (including phenoxy) is 1. The fourth-order valence-electron chi connectivity index (χ4n) is 3.87. The molecular formula is C23H31N3O4S. The first-order valence-corrected chi connectivity index (χ1v) is 12.0. The standard InChI is InChI=1S/C23H31N3O4S/c1-23(2,3)30-22(27)18-15-25-13-12-17(18)14-26-19-10-7-11-20(31(24,28)29)21(19)16-8-5-4-6-9-16/h4-11,17-18,25-26H,12-15H2,1-3H3,(H2,24,28,29). The number of hydrogen-bond acceptors (Lipinski definition) is 6. The molecule has 4 N–H and O–H groups in total. The molecule has 2 unspecified atom stereocenters. The van der Waals surface area contributed by atoms with Gasteiger partial charge >= 0.3 is 5.97 Å². The van der Waals surface area contributed by atoms with Crippen molar-refractivity contribution in [1.82, 2.24) is 5.32 Å². The van der Waals surface area contributed by atoms with Gasteiger partial charge in [-0.25, -0.2) is 13.6 Å². The third kappa shape index (κ3) is 6.06. The number of carbonyl (C=O) groups is 1. The van der Waals surface area contributed by atoms with E-state index < -0.39 is 15.6 Å². The Hall–Kier alpha value is -2.42. The minimum atomic E-state index is -3.92. The van der Waals surface area contributed by atoms with Gasteiger partial charge in [-0.3, -0.25) is 4.79 Å². The Kier molecular flexibility index (Phi) is 7.03. The van der Waals surface area contributed by atoms with Gasteiger partial charge in [0.05, 0.1) is 10.8 Å². The van der Waals surface area contributed by atoms with Crippen LogP contribution < -0.4 is 15.8 Å². The topological polar surface area (TPSA) is 111 Å². The highest BCUT2D eigenvalue weighted by molar-refractivity contribution is 7.89. The molecule has 3 rings (SSSR count). The van der Waals surface area contributed by atoms with Crippen molar-refractivity contribution in [2.24, 2.45) is 17.0 Å². The van der Waals surface area contributed by atoms with Crippen molar-refractivity contribution in [2.75, 3.05) is 25.0 Å². The average Bonchev–Trinajstić information content (AvgIpc) is 2.71. The van der Waals surface area contributed by atoms with Crippen molar-refractivity contribution in [2.45, 2.75) is 37.7 Å². The van der Waals surface area contributed by atoms with Crippen LogP contribution in [-0.2, 0) is 19.6 Å². The molecule has 1 aliphatic rings. The Labute approximate surface area is 184 Å². The van der Waals surface area contributed by atoms with E-state index in [1.54, 1.807) is 6.07 Å². The van der Waals surface area contributed by atoms with Crippen LogP contribution in [0, 0.1) is 11.8 Å². The summed E-state index contributed by atoms with van der Waals surface area (Å²) in [6, 6.07) is 14.3. The normalized spacial score (nSPS) is 19.6. The Balaban J connectivity index is 1.88. The minimum Gasteiger partial charge on any atom is -0.460 e. The number of primary sulfonamides is 1. The zero-order valence-electron chi connectivity index (χ0n) is 18.2. The second kappa shape index (κ2) is 9.38. The zero-order chi connectivity index (χ0) is 22.6. The summed E-state index contributed by atoms with van der Waals surface area (Å²) < 4.78 is 30.1. The number of benzene rings is 2. The molecule has 1 aliphatic heterocycles. The van der Waals surface area contributed by atoms with Crippen molar-refractivity contribution >= 4 is 21.7 Å². The fourth-order valence-corrected chi connectivity index (χ4v) is 4.65. The number of rotatable bonds is 6. The van der Waals surface area contributed by atoms with Crippen LogP contribution in [0.2, 0.25) is 0 Å². The SMILES string of the molecule is CC(C)(C)OC(=O)C1CNCCC1CNc1cccc(S(N)(=O)=O)c1-c1ccccc1. The monoisotopic (exact) mass is 445 g/mol. The van der Waals surface area contributed by atoms with Gasteiger partial charge < -0.3 is 15.4 Å². The van der Waals surface area contributed by atoms with Gasteiger partial charge in [-0.1, -0.05) is 36.4 Å². The molecule has 0 spiro atoms. The molecule has 0 saturated carbocycles. The molecule has 0 radical (unpaired) electrons. The highest BCUT2D eigenvalue weighted by Crippen LogP contribution is 2.34. The molecule has 0 aliphatic carbocycles. The zero-order valence-corrected chi connectivity index (χ0v) is 19.0. The van der Waals surface area contributed by atoms with Gasteiger partial charge in [0, 0.05) is 24.3 Å². The van der Waals surface area contributed by atoms with Gasteiger partial charge in [0.25, 0.3) is 0 Å². The van der Waals surface area contributed by atoms with Crippen molar-refractivity contribution in [3.8, 4) is 11.1 Å². The van der Waals surface area contributed by atoms with E-state index in [2.05, 4.69) is 10.6 Å². The van der Waals surface area contributed by atoms with E-state index in [1.807, 2.05) is 57.2 Å². The summed E-state index contributed by atoms with van der Waals surface area (Å²) in [6.07, 6.45) is 0.812. The van der Waals surface area contributed by atoms with Gasteiger partial charge in [-0.15, -0.1) is 0 Å². The molecule has 2 aromatic carbocycles. The van der Waals surface area contributed by atoms with E-state index in [4.69, 9.17) is 9.88 Å². The minimum absolute atomic E-state index is 0.0536. The van der Waals surface area contributed by atoms with Crippen LogP contribution in [0.3, 0.4) is 0 Å². The number of hydrogen-bond donors (Lipinski definition) is 3. The van der Waals surface area contributed by atoms with Gasteiger partial charge in [-0.05, 0) is 57.4 Å². The number of sulfonamides is 1. The fraction of sp³-hybridized carbons (Fsp3) is 0.435. The van der Waals surface area contributed by atoms with Crippen molar-refractivity contribution in [3.63, 3.8) is 0 Å². The second-order valence-corrected chi connectivity index (χ2v) is 10.4. The summed E-state index contributed by atoms with van der Waals surface area (Å²) in [5.74, 6) is -0.437. The Morgan fingerprint density at radius 3 is 2.52 bits per heavy atom. The maximum absolute atomic E-state index is 12.7. The number of nitrogens with two attached hydrogens (primary N) is 1. The predicted molar refractivity (Wildman–Crippen MR) is 122 cm³/mol. The molecule has 2 aromatic rings. The van der Waals surface area contributed by atoms with Crippen LogP contribution in [0.5, 0.6) is 0 Å². The van der Waals surface area contributed by atoms with Crippen LogP contribution in [0.4, 0.5) is 5.69 Å². The van der Waals surface area contributed by atoms with E-state index in [0.717, 1.165) is 18.5 Å². The Bertz CT molecular complexity index is 1020. The first-order chi connectivity index (χ1) is 14.6. The van der Waals surface area contributed by atoms with Crippen LogP contribution >= 0.6 is 0 Å². The molecule has 0 aromatic heterocycles. The summed E-state index contributed by atoms with van der Waals surface area (Å²) in [7, 11) is -3.92. The average molecular weight is 446 g/mol.